The Hall–Kier alpha value is -2.45. The van der Waals surface area contributed by atoms with Crippen molar-refractivity contribution in [1.29, 1.82) is 0 Å². The van der Waals surface area contributed by atoms with Crippen LogP contribution in [0.15, 0.2) is 27.8 Å². The van der Waals surface area contributed by atoms with E-state index in [0.29, 0.717) is 42.6 Å². The molecule has 0 saturated carbocycles. The number of hydrogen-bond donors (Lipinski definition) is 2. The Bertz CT molecular complexity index is 941. The van der Waals surface area contributed by atoms with Crippen LogP contribution < -0.4 is 16.6 Å². The smallest absolute Gasteiger partial charge is 0.328 e. The molecule has 8 nitrogen and oxygen atoms in total. The van der Waals surface area contributed by atoms with E-state index >= 15 is 0 Å². The molecular weight excluding hydrogens is 362 g/mol. The summed E-state index contributed by atoms with van der Waals surface area (Å²) >= 11 is 0. The van der Waals surface area contributed by atoms with Crippen LogP contribution >= 0.6 is 0 Å². The molecule has 0 spiro atoms. The minimum atomic E-state index is -0.489. The molecular formula is C20H27N3O5. The maximum atomic E-state index is 12.7. The van der Waals surface area contributed by atoms with Crippen LogP contribution in [-0.4, -0.2) is 47.4 Å². The minimum Gasteiger partial charge on any atom is -0.379 e. The van der Waals surface area contributed by atoms with Gasteiger partial charge in [-0.15, -0.1) is 0 Å². The molecule has 0 aliphatic carbocycles. The van der Waals surface area contributed by atoms with Crippen LogP contribution in [0, 0.1) is 0 Å². The van der Waals surface area contributed by atoms with Crippen molar-refractivity contribution in [2.45, 2.75) is 51.9 Å². The fourth-order valence-electron chi connectivity index (χ4n) is 3.25. The van der Waals surface area contributed by atoms with Crippen LogP contribution in [0.1, 0.15) is 43.5 Å². The third-order valence-corrected chi connectivity index (χ3v) is 4.71. The summed E-state index contributed by atoms with van der Waals surface area (Å²) in [4.78, 5) is 40.1. The Balaban J connectivity index is 1.72. The monoisotopic (exact) mass is 389 g/mol. The maximum Gasteiger partial charge on any atom is 0.328 e. The zero-order valence-corrected chi connectivity index (χ0v) is 16.3. The number of H-pyrrole nitrogens is 1. The zero-order valence-electron chi connectivity index (χ0n) is 16.3. The van der Waals surface area contributed by atoms with Gasteiger partial charge in [-0.05, 0) is 51.3 Å². The normalized spacial score (nSPS) is 16.8. The van der Waals surface area contributed by atoms with E-state index in [1.165, 1.54) is 10.6 Å². The first-order valence-corrected chi connectivity index (χ1v) is 9.74. The van der Waals surface area contributed by atoms with Gasteiger partial charge in [0.1, 0.15) is 0 Å². The van der Waals surface area contributed by atoms with E-state index in [-0.39, 0.29) is 30.2 Å². The number of carbonyl (C=O) groups excluding carboxylic acids is 1. The van der Waals surface area contributed by atoms with Crippen molar-refractivity contribution < 1.29 is 14.3 Å². The van der Waals surface area contributed by atoms with Gasteiger partial charge in [0.25, 0.3) is 11.5 Å². The van der Waals surface area contributed by atoms with E-state index in [2.05, 4.69) is 10.3 Å². The summed E-state index contributed by atoms with van der Waals surface area (Å²) in [7, 11) is 0. The van der Waals surface area contributed by atoms with Crippen molar-refractivity contribution in [3.8, 4) is 0 Å². The van der Waals surface area contributed by atoms with Crippen molar-refractivity contribution in [3.63, 3.8) is 0 Å². The van der Waals surface area contributed by atoms with Crippen molar-refractivity contribution >= 4 is 16.8 Å². The largest absolute Gasteiger partial charge is 0.379 e. The standard InChI is InChI=1S/C20H27N3O5/c1-13(2)27-10-4-8-21-18(24)14-6-7-16-17(11-14)22-20(26)23(19(16)25)12-15-5-3-9-28-15/h6-7,11,13,15H,3-5,8-10,12H2,1-2H3,(H,21,24)(H,22,26)/t15-/m1/s1. The number of aromatic amines is 1. The van der Waals surface area contributed by atoms with Crippen LogP contribution in [0.25, 0.3) is 10.9 Å². The molecule has 1 fully saturated rings. The number of nitrogens with one attached hydrogen (secondary N) is 2. The molecule has 8 heteroatoms. The predicted molar refractivity (Wildman–Crippen MR) is 106 cm³/mol. The van der Waals surface area contributed by atoms with Crippen LogP contribution in [0.2, 0.25) is 0 Å². The second kappa shape index (κ2) is 9.16. The predicted octanol–water partition coefficient (Wildman–Crippen LogP) is 1.41. The fraction of sp³-hybridized carbons (Fsp3) is 0.550. The van der Waals surface area contributed by atoms with Gasteiger partial charge >= 0.3 is 5.69 Å². The van der Waals surface area contributed by atoms with Crippen LogP contribution in [-0.2, 0) is 16.0 Å². The highest BCUT2D eigenvalue weighted by molar-refractivity contribution is 5.97. The van der Waals surface area contributed by atoms with Crippen molar-refractivity contribution in [2.75, 3.05) is 19.8 Å². The summed E-state index contributed by atoms with van der Waals surface area (Å²) < 4.78 is 12.1. The molecule has 152 valence electrons. The first-order chi connectivity index (χ1) is 13.5. The summed E-state index contributed by atoms with van der Waals surface area (Å²) in [6, 6.07) is 4.71. The van der Waals surface area contributed by atoms with Gasteiger partial charge in [0.2, 0.25) is 0 Å². The van der Waals surface area contributed by atoms with Gasteiger partial charge in [-0.3, -0.25) is 14.2 Å². The molecule has 1 aliphatic heterocycles. The molecule has 3 rings (SSSR count). The SMILES string of the molecule is CC(C)OCCCNC(=O)c1ccc2c(=O)n(C[C@H]3CCCO3)c(=O)[nH]c2c1. The average Bonchev–Trinajstić information content (AvgIpc) is 3.17. The van der Waals surface area contributed by atoms with E-state index in [4.69, 9.17) is 9.47 Å². The summed E-state index contributed by atoms with van der Waals surface area (Å²) in [6.45, 7) is 5.89. The molecule has 1 aromatic carbocycles. The summed E-state index contributed by atoms with van der Waals surface area (Å²) in [5.41, 5.74) is -0.109. The Kier molecular flexibility index (Phi) is 6.64. The Labute approximate surface area is 162 Å². The molecule has 2 N–H and O–H groups in total. The van der Waals surface area contributed by atoms with Crippen LogP contribution in [0.3, 0.4) is 0 Å². The highest BCUT2D eigenvalue weighted by Crippen LogP contribution is 2.13. The lowest BCUT2D eigenvalue weighted by atomic mass is 10.1. The lowest BCUT2D eigenvalue weighted by molar-refractivity contribution is 0.0757. The van der Waals surface area contributed by atoms with Gasteiger partial charge in [0, 0.05) is 25.3 Å². The number of ether oxygens (including phenoxy) is 2. The lowest BCUT2D eigenvalue weighted by Gasteiger charge is -2.12. The molecule has 0 bridgehead atoms. The number of fused-ring (bicyclic) bond motifs is 1. The van der Waals surface area contributed by atoms with E-state index < -0.39 is 5.69 Å². The second-order valence-electron chi connectivity index (χ2n) is 7.27. The Morgan fingerprint density at radius 1 is 1.39 bits per heavy atom. The second-order valence-corrected chi connectivity index (χ2v) is 7.27. The van der Waals surface area contributed by atoms with Gasteiger partial charge in [0.15, 0.2) is 0 Å². The molecule has 1 saturated heterocycles. The number of rotatable bonds is 8. The van der Waals surface area contributed by atoms with Crippen molar-refractivity contribution in [2.24, 2.45) is 0 Å². The molecule has 1 amide bonds. The molecule has 1 atom stereocenters. The minimum absolute atomic E-state index is 0.110. The Morgan fingerprint density at radius 3 is 2.93 bits per heavy atom. The van der Waals surface area contributed by atoms with Gasteiger partial charge in [-0.1, -0.05) is 0 Å². The van der Waals surface area contributed by atoms with E-state index in [1.54, 1.807) is 12.1 Å². The molecule has 28 heavy (non-hydrogen) atoms. The van der Waals surface area contributed by atoms with E-state index in [1.807, 2.05) is 13.8 Å². The van der Waals surface area contributed by atoms with Crippen LogP contribution in [0.4, 0.5) is 0 Å². The molecule has 2 heterocycles. The number of carbonyl (C=O) groups is 1. The number of aromatic nitrogens is 2. The maximum absolute atomic E-state index is 12.7. The third-order valence-electron chi connectivity index (χ3n) is 4.71. The van der Waals surface area contributed by atoms with Crippen LogP contribution in [0.5, 0.6) is 0 Å². The molecule has 0 unspecified atom stereocenters. The topological polar surface area (TPSA) is 102 Å². The quantitative estimate of drug-likeness (QED) is 0.665. The van der Waals surface area contributed by atoms with Gasteiger partial charge in [0.05, 0.1) is 29.7 Å². The van der Waals surface area contributed by atoms with E-state index in [9.17, 15) is 14.4 Å². The van der Waals surface area contributed by atoms with Gasteiger partial charge in [-0.2, -0.15) is 0 Å². The zero-order chi connectivity index (χ0) is 20.1. The first kappa shape index (κ1) is 20.3. The lowest BCUT2D eigenvalue weighted by Crippen LogP contribution is -2.38. The number of nitrogens with zero attached hydrogens (tertiary/aromatic N) is 1. The Morgan fingerprint density at radius 2 is 2.21 bits per heavy atom. The summed E-state index contributed by atoms with van der Waals surface area (Å²) in [6.07, 6.45) is 2.54. The summed E-state index contributed by atoms with van der Waals surface area (Å²) in [5.74, 6) is -0.254. The number of hydrogen-bond acceptors (Lipinski definition) is 5. The van der Waals surface area contributed by atoms with Crippen molar-refractivity contribution in [1.82, 2.24) is 14.9 Å². The average molecular weight is 389 g/mol. The molecule has 1 aromatic heterocycles. The van der Waals surface area contributed by atoms with Crippen molar-refractivity contribution in [3.05, 3.63) is 44.6 Å². The molecule has 1 aliphatic rings. The molecule has 2 aromatic rings. The fourth-order valence-corrected chi connectivity index (χ4v) is 3.25. The third kappa shape index (κ3) is 4.88. The van der Waals surface area contributed by atoms with Gasteiger partial charge in [-0.25, -0.2) is 4.79 Å². The summed E-state index contributed by atoms with van der Waals surface area (Å²) in [5, 5.41) is 3.19. The number of amides is 1. The number of benzene rings is 1. The van der Waals surface area contributed by atoms with E-state index in [0.717, 1.165) is 12.8 Å². The highest BCUT2D eigenvalue weighted by Gasteiger charge is 2.19. The first-order valence-electron chi connectivity index (χ1n) is 9.74. The highest BCUT2D eigenvalue weighted by atomic mass is 16.5. The molecule has 0 radical (unpaired) electrons. The van der Waals surface area contributed by atoms with Gasteiger partial charge < -0.3 is 19.8 Å².